The summed E-state index contributed by atoms with van der Waals surface area (Å²) in [6.45, 7) is 1.67. The molecule has 0 atom stereocenters. The molecule has 0 fully saturated rings. The molecule has 1 aromatic heterocycles. The van der Waals surface area contributed by atoms with E-state index < -0.39 is 19.9 Å². The first-order chi connectivity index (χ1) is 7.62. The Kier molecular flexibility index (Phi) is 4.75. The zero-order valence-corrected chi connectivity index (χ0v) is 13.3. The molecule has 0 aliphatic heterocycles. The van der Waals surface area contributed by atoms with Crippen LogP contribution in [-0.4, -0.2) is 35.4 Å². The van der Waals surface area contributed by atoms with Gasteiger partial charge in [-0.15, -0.1) is 11.3 Å². The number of thiophene rings is 1. The Morgan fingerprint density at radius 1 is 1.35 bits per heavy atom. The molecule has 0 amide bonds. The van der Waals surface area contributed by atoms with Crippen LogP contribution in [0.3, 0.4) is 0 Å². The molecule has 0 aromatic carbocycles. The highest BCUT2D eigenvalue weighted by Crippen LogP contribution is 2.30. The van der Waals surface area contributed by atoms with Crippen molar-refractivity contribution in [3.63, 3.8) is 0 Å². The van der Waals surface area contributed by atoms with Gasteiger partial charge in [-0.25, -0.2) is 21.6 Å². The first kappa shape index (κ1) is 15.1. The third kappa shape index (κ3) is 4.66. The molecule has 0 bridgehead atoms. The topological polar surface area (TPSA) is 80.3 Å². The minimum Gasteiger partial charge on any atom is -0.229 e. The van der Waals surface area contributed by atoms with Crippen molar-refractivity contribution in [2.45, 2.75) is 11.1 Å². The van der Waals surface area contributed by atoms with Gasteiger partial charge in [0.2, 0.25) is 10.0 Å². The molecule has 1 heterocycles. The number of hydrogen-bond donors (Lipinski definition) is 1. The summed E-state index contributed by atoms with van der Waals surface area (Å²) in [6.07, 6.45) is 1.06. The normalized spacial score (nSPS) is 12.9. The largest absolute Gasteiger partial charge is 0.250 e. The molecule has 98 valence electrons. The number of nitrogens with one attached hydrogen (secondary N) is 1. The molecule has 0 aliphatic rings. The summed E-state index contributed by atoms with van der Waals surface area (Å²) >= 11 is 4.33. The molecule has 0 saturated heterocycles. The molecule has 0 unspecified atom stereocenters. The van der Waals surface area contributed by atoms with Gasteiger partial charge in [0, 0.05) is 12.8 Å². The lowest BCUT2D eigenvalue weighted by Crippen LogP contribution is -2.28. The first-order valence-electron chi connectivity index (χ1n) is 4.55. The van der Waals surface area contributed by atoms with Gasteiger partial charge in [0.05, 0.1) is 9.54 Å². The van der Waals surface area contributed by atoms with E-state index in [4.69, 9.17) is 0 Å². The van der Waals surface area contributed by atoms with Gasteiger partial charge in [0.1, 0.15) is 14.0 Å². The van der Waals surface area contributed by atoms with Gasteiger partial charge < -0.3 is 0 Å². The molecule has 1 rings (SSSR count). The van der Waals surface area contributed by atoms with E-state index in [1.807, 2.05) is 0 Å². The van der Waals surface area contributed by atoms with E-state index in [-0.39, 0.29) is 16.5 Å². The fourth-order valence-corrected chi connectivity index (χ4v) is 4.90. The van der Waals surface area contributed by atoms with Crippen LogP contribution in [0.4, 0.5) is 0 Å². The van der Waals surface area contributed by atoms with Gasteiger partial charge >= 0.3 is 0 Å². The summed E-state index contributed by atoms with van der Waals surface area (Å²) in [5, 5.41) is 0. The SMILES string of the molecule is Cc1cc(S(=O)(=O)NCCS(C)(=O)=O)sc1Br. The highest BCUT2D eigenvalue weighted by atomic mass is 79.9. The van der Waals surface area contributed by atoms with E-state index >= 15 is 0 Å². The smallest absolute Gasteiger partial charge is 0.229 e. The fraction of sp³-hybridized carbons (Fsp3) is 0.500. The lowest BCUT2D eigenvalue weighted by molar-refractivity contribution is 0.584. The average molecular weight is 362 g/mol. The van der Waals surface area contributed by atoms with Crippen LogP contribution in [-0.2, 0) is 19.9 Å². The Labute approximate surface area is 113 Å². The molecule has 0 radical (unpaired) electrons. The maximum Gasteiger partial charge on any atom is 0.250 e. The molecule has 1 aromatic rings. The van der Waals surface area contributed by atoms with E-state index in [0.717, 1.165) is 26.9 Å². The van der Waals surface area contributed by atoms with Gasteiger partial charge in [-0.05, 0) is 34.5 Å². The summed E-state index contributed by atoms with van der Waals surface area (Å²) in [5.41, 5.74) is 0.832. The molecule has 0 spiro atoms. The third-order valence-corrected chi connectivity index (χ3v) is 6.88. The number of hydrogen-bond acceptors (Lipinski definition) is 5. The number of rotatable bonds is 5. The van der Waals surface area contributed by atoms with E-state index in [9.17, 15) is 16.8 Å². The van der Waals surface area contributed by atoms with Crippen molar-refractivity contribution in [2.75, 3.05) is 18.6 Å². The van der Waals surface area contributed by atoms with Crippen LogP contribution in [0, 0.1) is 6.92 Å². The van der Waals surface area contributed by atoms with Crippen molar-refractivity contribution in [2.24, 2.45) is 0 Å². The van der Waals surface area contributed by atoms with Gasteiger partial charge in [-0.3, -0.25) is 0 Å². The Hall–Kier alpha value is 0.0400. The maximum atomic E-state index is 11.8. The second-order valence-corrected chi connectivity index (χ2v) is 10.2. The zero-order valence-electron chi connectivity index (χ0n) is 9.23. The predicted molar refractivity (Wildman–Crippen MR) is 71.7 cm³/mol. The lowest BCUT2D eigenvalue weighted by atomic mass is 10.4. The second-order valence-electron chi connectivity index (χ2n) is 3.55. The monoisotopic (exact) mass is 361 g/mol. The Morgan fingerprint density at radius 3 is 2.35 bits per heavy atom. The van der Waals surface area contributed by atoms with Gasteiger partial charge in [0.15, 0.2) is 0 Å². The molecule has 17 heavy (non-hydrogen) atoms. The van der Waals surface area contributed by atoms with Crippen LogP contribution in [0.1, 0.15) is 5.56 Å². The quantitative estimate of drug-likeness (QED) is 0.852. The Bertz CT molecular complexity index is 583. The highest BCUT2D eigenvalue weighted by Gasteiger charge is 2.18. The molecule has 0 aliphatic carbocycles. The van der Waals surface area contributed by atoms with E-state index in [1.54, 1.807) is 6.92 Å². The van der Waals surface area contributed by atoms with E-state index in [2.05, 4.69) is 20.7 Å². The maximum absolute atomic E-state index is 11.8. The summed E-state index contributed by atoms with van der Waals surface area (Å²) in [6, 6.07) is 1.54. The van der Waals surface area contributed by atoms with Crippen LogP contribution in [0.25, 0.3) is 0 Å². The van der Waals surface area contributed by atoms with Gasteiger partial charge in [0.25, 0.3) is 0 Å². The average Bonchev–Trinajstić information content (AvgIpc) is 2.45. The predicted octanol–water partition coefficient (Wildman–Crippen LogP) is 1.14. The van der Waals surface area contributed by atoms with Crippen molar-refractivity contribution in [1.29, 1.82) is 0 Å². The van der Waals surface area contributed by atoms with E-state index in [0.29, 0.717) is 0 Å². The summed E-state index contributed by atoms with van der Waals surface area (Å²) in [4.78, 5) is 0. The molecular formula is C8H12BrNO4S3. The number of sulfone groups is 1. The first-order valence-corrected chi connectivity index (χ1v) is 9.70. The molecule has 1 N–H and O–H groups in total. The number of aryl methyl sites for hydroxylation is 1. The fourth-order valence-electron chi connectivity index (χ4n) is 0.997. The van der Waals surface area contributed by atoms with Crippen molar-refractivity contribution in [1.82, 2.24) is 4.72 Å². The summed E-state index contributed by atoms with van der Waals surface area (Å²) in [5.74, 6) is -0.211. The molecule has 5 nitrogen and oxygen atoms in total. The molecular weight excluding hydrogens is 350 g/mol. The van der Waals surface area contributed by atoms with Gasteiger partial charge in [-0.1, -0.05) is 0 Å². The highest BCUT2D eigenvalue weighted by molar-refractivity contribution is 9.11. The summed E-state index contributed by atoms with van der Waals surface area (Å²) < 4.78 is 48.5. The minimum atomic E-state index is -3.61. The third-order valence-electron chi connectivity index (χ3n) is 1.86. The van der Waals surface area contributed by atoms with Crippen molar-refractivity contribution in [3.05, 3.63) is 15.4 Å². The molecule has 9 heteroatoms. The van der Waals surface area contributed by atoms with Crippen LogP contribution in [0.2, 0.25) is 0 Å². The van der Waals surface area contributed by atoms with E-state index in [1.165, 1.54) is 6.07 Å². The van der Waals surface area contributed by atoms with Crippen LogP contribution in [0.5, 0.6) is 0 Å². The standard InChI is InChI=1S/C8H12BrNO4S3/c1-6-5-7(15-8(6)9)17(13,14)10-3-4-16(2,11)12/h5,10H,3-4H2,1-2H3. The van der Waals surface area contributed by atoms with Crippen LogP contribution in [0.15, 0.2) is 14.1 Å². The Balaban J connectivity index is 2.76. The molecule has 0 saturated carbocycles. The number of halogens is 1. The van der Waals surface area contributed by atoms with Crippen LogP contribution < -0.4 is 4.72 Å². The zero-order chi connectivity index (χ0) is 13.3. The van der Waals surface area contributed by atoms with Crippen molar-refractivity contribution in [3.8, 4) is 0 Å². The van der Waals surface area contributed by atoms with Crippen LogP contribution >= 0.6 is 27.3 Å². The summed E-state index contributed by atoms with van der Waals surface area (Å²) in [7, 11) is -6.77. The second kappa shape index (κ2) is 5.35. The lowest BCUT2D eigenvalue weighted by Gasteiger charge is -2.03. The number of sulfonamides is 1. The van der Waals surface area contributed by atoms with Crippen molar-refractivity contribution < 1.29 is 16.8 Å². The van der Waals surface area contributed by atoms with Crippen molar-refractivity contribution >= 4 is 47.1 Å². The minimum absolute atomic E-state index is 0.115. The Morgan fingerprint density at radius 2 is 1.94 bits per heavy atom. The van der Waals surface area contributed by atoms with Gasteiger partial charge in [-0.2, -0.15) is 0 Å².